The molecular formula is C19H20F3N5OS. The van der Waals surface area contributed by atoms with Gasteiger partial charge in [0, 0.05) is 22.8 Å². The van der Waals surface area contributed by atoms with Crippen LogP contribution in [-0.2, 0) is 17.4 Å². The van der Waals surface area contributed by atoms with Crippen LogP contribution >= 0.6 is 11.3 Å². The van der Waals surface area contributed by atoms with Gasteiger partial charge in [-0.2, -0.15) is 18.3 Å². The molecule has 0 saturated heterocycles. The molecule has 0 aliphatic rings. The van der Waals surface area contributed by atoms with Gasteiger partial charge in [0.15, 0.2) is 10.9 Å². The molecule has 3 rings (SSSR count). The molecule has 154 valence electrons. The zero-order valence-corrected chi connectivity index (χ0v) is 17.1. The summed E-state index contributed by atoms with van der Waals surface area (Å²) in [5, 5.41) is 9.56. The number of anilines is 1. The van der Waals surface area contributed by atoms with Crippen molar-refractivity contribution in [3.8, 4) is 5.82 Å². The maximum Gasteiger partial charge on any atom is 0.417 e. The standard InChI is InChI=1S/C19H20F3N5OS/c1-10(2)15-9-29-18(24-15)25-17(28)7-14-11(3)26-27(12(14)4)16-6-5-13(8-23-16)19(20,21)22/h5-6,8-10H,7H2,1-4H3,(H,24,25,28). The van der Waals surface area contributed by atoms with Crippen LogP contribution in [0.25, 0.3) is 5.82 Å². The first-order valence-corrected chi connectivity index (χ1v) is 9.78. The summed E-state index contributed by atoms with van der Waals surface area (Å²) >= 11 is 1.36. The smallest absolute Gasteiger partial charge is 0.302 e. The lowest BCUT2D eigenvalue weighted by Gasteiger charge is -2.08. The lowest BCUT2D eigenvalue weighted by molar-refractivity contribution is -0.137. The van der Waals surface area contributed by atoms with Gasteiger partial charge in [0.05, 0.1) is 23.4 Å². The second-order valence-electron chi connectivity index (χ2n) is 6.92. The molecule has 0 saturated carbocycles. The lowest BCUT2D eigenvalue weighted by atomic mass is 10.1. The summed E-state index contributed by atoms with van der Waals surface area (Å²) in [4.78, 5) is 20.7. The molecule has 6 nitrogen and oxygen atoms in total. The Morgan fingerprint density at radius 1 is 1.28 bits per heavy atom. The van der Waals surface area contributed by atoms with E-state index < -0.39 is 11.7 Å². The second kappa shape index (κ2) is 7.94. The Hall–Kier alpha value is -2.75. The average Bonchev–Trinajstić information content (AvgIpc) is 3.21. The fourth-order valence-corrected chi connectivity index (χ4v) is 3.65. The van der Waals surface area contributed by atoms with Crippen LogP contribution in [0.1, 0.15) is 48.0 Å². The second-order valence-corrected chi connectivity index (χ2v) is 7.78. The summed E-state index contributed by atoms with van der Waals surface area (Å²) < 4.78 is 39.6. The molecule has 29 heavy (non-hydrogen) atoms. The SMILES string of the molecule is Cc1nn(-c2ccc(C(F)(F)F)cn2)c(C)c1CC(=O)Nc1nc(C(C)C)cs1. The number of rotatable bonds is 5. The van der Waals surface area contributed by atoms with E-state index in [9.17, 15) is 18.0 Å². The molecule has 3 heterocycles. The van der Waals surface area contributed by atoms with Gasteiger partial charge in [0.25, 0.3) is 0 Å². The molecule has 0 spiro atoms. The third-order valence-corrected chi connectivity index (χ3v) is 5.21. The Morgan fingerprint density at radius 2 is 2.00 bits per heavy atom. The molecule has 10 heteroatoms. The van der Waals surface area contributed by atoms with E-state index in [0.29, 0.717) is 22.1 Å². The van der Waals surface area contributed by atoms with Crippen molar-refractivity contribution in [1.82, 2.24) is 19.7 Å². The minimum absolute atomic E-state index is 0.0783. The van der Waals surface area contributed by atoms with Crippen LogP contribution in [0.15, 0.2) is 23.7 Å². The van der Waals surface area contributed by atoms with E-state index >= 15 is 0 Å². The number of aromatic nitrogens is 4. The van der Waals surface area contributed by atoms with Gasteiger partial charge in [-0.15, -0.1) is 11.3 Å². The van der Waals surface area contributed by atoms with Crippen molar-refractivity contribution in [1.29, 1.82) is 0 Å². The number of amides is 1. The van der Waals surface area contributed by atoms with Gasteiger partial charge in [-0.1, -0.05) is 13.8 Å². The summed E-state index contributed by atoms with van der Waals surface area (Å²) in [5.74, 6) is 0.295. The molecule has 0 aliphatic heterocycles. The quantitative estimate of drug-likeness (QED) is 0.648. The normalized spacial score (nSPS) is 11.9. The number of nitrogens with zero attached hydrogens (tertiary/aromatic N) is 4. The van der Waals surface area contributed by atoms with Crippen molar-refractivity contribution < 1.29 is 18.0 Å². The molecule has 0 aliphatic carbocycles. The van der Waals surface area contributed by atoms with Crippen molar-refractivity contribution in [2.75, 3.05) is 5.32 Å². The highest BCUT2D eigenvalue weighted by Crippen LogP contribution is 2.29. The van der Waals surface area contributed by atoms with Gasteiger partial charge in [-0.3, -0.25) is 4.79 Å². The third-order valence-electron chi connectivity index (χ3n) is 4.43. The molecule has 0 fully saturated rings. The Kier molecular flexibility index (Phi) is 5.74. The molecule has 3 aromatic heterocycles. The first-order valence-electron chi connectivity index (χ1n) is 8.90. The van der Waals surface area contributed by atoms with Crippen molar-refractivity contribution in [2.24, 2.45) is 0 Å². The Balaban J connectivity index is 1.77. The number of pyridine rings is 1. The van der Waals surface area contributed by atoms with Gasteiger partial charge in [-0.05, 0) is 31.9 Å². The predicted molar refractivity (Wildman–Crippen MR) is 104 cm³/mol. The maximum absolute atomic E-state index is 12.7. The van der Waals surface area contributed by atoms with Crippen LogP contribution < -0.4 is 5.32 Å². The van der Waals surface area contributed by atoms with E-state index in [2.05, 4.69) is 20.4 Å². The number of hydrogen-bond donors (Lipinski definition) is 1. The fourth-order valence-electron chi connectivity index (χ4n) is 2.77. The maximum atomic E-state index is 12.7. The summed E-state index contributed by atoms with van der Waals surface area (Å²) in [6.45, 7) is 7.55. The van der Waals surface area contributed by atoms with E-state index in [-0.39, 0.29) is 24.1 Å². The number of carbonyl (C=O) groups is 1. The average molecular weight is 423 g/mol. The Morgan fingerprint density at radius 3 is 2.55 bits per heavy atom. The lowest BCUT2D eigenvalue weighted by Crippen LogP contribution is -2.15. The highest BCUT2D eigenvalue weighted by Gasteiger charge is 2.31. The van der Waals surface area contributed by atoms with Crippen LogP contribution in [0.3, 0.4) is 0 Å². The molecular weight excluding hydrogens is 403 g/mol. The predicted octanol–water partition coefficient (Wildman–Crippen LogP) is 4.66. The summed E-state index contributed by atoms with van der Waals surface area (Å²) in [6.07, 6.45) is -3.60. The van der Waals surface area contributed by atoms with Crippen LogP contribution in [0.5, 0.6) is 0 Å². The Labute approximate surface area is 169 Å². The number of thiazole rings is 1. The number of hydrogen-bond acceptors (Lipinski definition) is 5. The topological polar surface area (TPSA) is 72.7 Å². The molecule has 1 amide bonds. The monoisotopic (exact) mass is 423 g/mol. The minimum atomic E-state index is -4.45. The van der Waals surface area contributed by atoms with Crippen LogP contribution in [0, 0.1) is 13.8 Å². The first kappa shape index (κ1) is 21.0. The number of alkyl halides is 3. The third kappa shape index (κ3) is 4.64. The zero-order valence-electron chi connectivity index (χ0n) is 16.3. The molecule has 0 atom stereocenters. The highest BCUT2D eigenvalue weighted by atomic mass is 32.1. The van der Waals surface area contributed by atoms with Gasteiger partial charge < -0.3 is 5.32 Å². The highest BCUT2D eigenvalue weighted by molar-refractivity contribution is 7.13. The number of carbonyl (C=O) groups excluding carboxylic acids is 1. The van der Waals surface area contributed by atoms with Gasteiger partial charge in [0.1, 0.15) is 0 Å². The zero-order chi connectivity index (χ0) is 21.3. The summed E-state index contributed by atoms with van der Waals surface area (Å²) in [5.41, 5.74) is 2.04. The first-order chi connectivity index (χ1) is 13.6. The molecule has 0 unspecified atom stereocenters. The van der Waals surface area contributed by atoms with E-state index in [0.717, 1.165) is 18.0 Å². The molecule has 0 aromatic carbocycles. The molecule has 0 radical (unpaired) electrons. The van der Waals surface area contributed by atoms with Crippen LogP contribution in [0.4, 0.5) is 18.3 Å². The van der Waals surface area contributed by atoms with Crippen molar-refractivity contribution >= 4 is 22.4 Å². The van der Waals surface area contributed by atoms with Crippen LogP contribution in [-0.4, -0.2) is 25.7 Å². The summed E-state index contributed by atoms with van der Waals surface area (Å²) in [6, 6.07) is 2.22. The van der Waals surface area contributed by atoms with E-state index in [1.54, 1.807) is 13.8 Å². The van der Waals surface area contributed by atoms with Crippen LogP contribution in [0.2, 0.25) is 0 Å². The van der Waals surface area contributed by atoms with E-state index in [1.807, 2.05) is 19.2 Å². The minimum Gasteiger partial charge on any atom is -0.302 e. The Bertz CT molecular complexity index is 1020. The molecule has 0 bridgehead atoms. The van der Waals surface area contributed by atoms with Gasteiger partial charge in [-0.25, -0.2) is 14.6 Å². The van der Waals surface area contributed by atoms with Gasteiger partial charge in [0.2, 0.25) is 5.91 Å². The number of nitrogens with one attached hydrogen (secondary N) is 1. The van der Waals surface area contributed by atoms with Crippen molar-refractivity contribution in [3.63, 3.8) is 0 Å². The number of aryl methyl sites for hydroxylation is 1. The van der Waals surface area contributed by atoms with E-state index in [1.165, 1.54) is 22.1 Å². The fraction of sp³-hybridized carbons (Fsp3) is 0.368. The van der Waals surface area contributed by atoms with Gasteiger partial charge >= 0.3 is 6.18 Å². The molecule has 1 N–H and O–H groups in total. The van der Waals surface area contributed by atoms with E-state index in [4.69, 9.17) is 0 Å². The van der Waals surface area contributed by atoms with Crippen molar-refractivity contribution in [3.05, 3.63) is 51.9 Å². The summed E-state index contributed by atoms with van der Waals surface area (Å²) in [7, 11) is 0. The molecule has 3 aromatic rings. The van der Waals surface area contributed by atoms with Crippen molar-refractivity contribution in [2.45, 2.75) is 46.2 Å². The largest absolute Gasteiger partial charge is 0.417 e. The number of halogens is 3.